The van der Waals surface area contributed by atoms with Crippen LogP contribution in [0.2, 0.25) is 0 Å². The molecule has 0 saturated heterocycles. The molecule has 0 aromatic rings. The van der Waals surface area contributed by atoms with Gasteiger partial charge >= 0.3 is 0 Å². The van der Waals surface area contributed by atoms with Gasteiger partial charge in [-0.15, -0.1) is 0 Å². The summed E-state index contributed by atoms with van der Waals surface area (Å²) in [6.07, 6.45) is 6.84. The second-order valence-corrected chi connectivity index (χ2v) is 2.95. The normalized spacial score (nSPS) is 10.0. The average Bonchev–Trinajstić information content (AvgIpc) is 2.01. The molecule has 0 rings (SSSR count). The third kappa shape index (κ3) is 7.57. The molecule has 0 N–H and O–H groups in total. The Bertz CT molecular complexity index is 97.0. The van der Waals surface area contributed by atoms with Crippen LogP contribution >= 0.6 is 0 Å². The molecule has 65 valence electrons. The maximum atomic E-state index is 11.0. The molecule has 0 fully saturated rings. The predicted molar refractivity (Wildman–Crippen MR) is 48.4 cm³/mol. The highest BCUT2D eigenvalue weighted by atomic mass is 16.1. The monoisotopic (exact) mass is 155 g/mol. The molecule has 0 aliphatic heterocycles. The lowest BCUT2D eigenvalue weighted by Gasteiger charge is -1.97. The number of carbonyl (C=O) groups excluding carboxylic acids is 1. The third-order valence-corrected chi connectivity index (χ3v) is 1.76. The summed E-state index contributed by atoms with van der Waals surface area (Å²) in [5.74, 6) is 0.419. The molecule has 0 unspecified atom stereocenters. The summed E-state index contributed by atoms with van der Waals surface area (Å²) >= 11 is 0. The van der Waals surface area contributed by atoms with E-state index in [4.69, 9.17) is 0 Å². The molecule has 1 nitrogen and oxygen atoms in total. The van der Waals surface area contributed by atoms with Crippen molar-refractivity contribution in [1.29, 1.82) is 0 Å². The largest absolute Gasteiger partial charge is 0.300 e. The molecule has 0 bridgehead atoms. The van der Waals surface area contributed by atoms with E-state index in [1.165, 1.54) is 12.8 Å². The highest BCUT2D eigenvalue weighted by Gasteiger charge is 1.99. The second kappa shape index (κ2) is 7.77. The lowest BCUT2D eigenvalue weighted by Crippen LogP contribution is -1.96. The van der Waals surface area contributed by atoms with Crippen LogP contribution in [0.3, 0.4) is 0 Å². The standard InChI is InChI=1S/C10H19O/c1-3-5-7-9-10(11)8-6-4-2/h2-9H2,1H3. The Kier molecular flexibility index (Phi) is 7.54. The van der Waals surface area contributed by atoms with Gasteiger partial charge in [-0.3, -0.25) is 4.79 Å². The molecule has 0 spiro atoms. The summed E-state index contributed by atoms with van der Waals surface area (Å²) in [6.45, 7) is 5.86. The van der Waals surface area contributed by atoms with Crippen LogP contribution in [0.25, 0.3) is 0 Å². The number of rotatable bonds is 7. The van der Waals surface area contributed by atoms with Crippen LogP contribution in [0.4, 0.5) is 0 Å². The number of ketones is 1. The van der Waals surface area contributed by atoms with E-state index in [1.54, 1.807) is 0 Å². The van der Waals surface area contributed by atoms with Gasteiger partial charge in [0.2, 0.25) is 0 Å². The van der Waals surface area contributed by atoms with Gasteiger partial charge in [0.25, 0.3) is 0 Å². The third-order valence-electron chi connectivity index (χ3n) is 1.76. The summed E-state index contributed by atoms with van der Waals surface area (Å²) in [4.78, 5) is 11.0. The number of Topliss-reactive ketones (excluding diaryl/α,β-unsaturated/α-hetero) is 1. The zero-order chi connectivity index (χ0) is 8.53. The minimum absolute atomic E-state index is 0.419. The van der Waals surface area contributed by atoms with Crippen molar-refractivity contribution >= 4 is 5.78 Å². The lowest BCUT2D eigenvalue weighted by molar-refractivity contribution is -0.119. The molecule has 0 heterocycles. The Morgan fingerprint density at radius 2 is 1.82 bits per heavy atom. The molecule has 1 heteroatoms. The van der Waals surface area contributed by atoms with Crippen molar-refractivity contribution in [3.8, 4) is 0 Å². The maximum absolute atomic E-state index is 11.0. The summed E-state index contributed by atoms with van der Waals surface area (Å²) in [5.41, 5.74) is 0. The molecule has 0 aliphatic carbocycles. The van der Waals surface area contributed by atoms with E-state index in [9.17, 15) is 4.79 Å². The van der Waals surface area contributed by atoms with Gasteiger partial charge in [0.1, 0.15) is 5.78 Å². The Labute approximate surface area is 70.2 Å². The van der Waals surface area contributed by atoms with E-state index in [2.05, 4.69) is 13.8 Å². The van der Waals surface area contributed by atoms with Crippen LogP contribution in [0.15, 0.2) is 0 Å². The molecular formula is C10H19O. The zero-order valence-electron chi connectivity index (χ0n) is 7.57. The topological polar surface area (TPSA) is 17.1 Å². The van der Waals surface area contributed by atoms with Gasteiger partial charge in [0.15, 0.2) is 0 Å². The van der Waals surface area contributed by atoms with Crippen LogP contribution in [0, 0.1) is 6.92 Å². The number of unbranched alkanes of at least 4 members (excludes halogenated alkanes) is 3. The number of hydrogen-bond acceptors (Lipinski definition) is 1. The van der Waals surface area contributed by atoms with Crippen molar-refractivity contribution in [2.45, 2.75) is 51.9 Å². The van der Waals surface area contributed by atoms with E-state index < -0.39 is 0 Å². The van der Waals surface area contributed by atoms with Gasteiger partial charge in [0, 0.05) is 12.8 Å². The molecule has 0 atom stereocenters. The van der Waals surface area contributed by atoms with Crippen molar-refractivity contribution < 1.29 is 4.79 Å². The van der Waals surface area contributed by atoms with Crippen LogP contribution in [0.1, 0.15) is 51.9 Å². The number of hydrogen-bond donors (Lipinski definition) is 0. The first-order valence-corrected chi connectivity index (χ1v) is 4.62. The fraction of sp³-hybridized carbons (Fsp3) is 0.800. The fourth-order valence-corrected chi connectivity index (χ4v) is 1.02. The smallest absolute Gasteiger partial charge is 0.132 e. The summed E-state index contributed by atoms with van der Waals surface area (Å²) in [7, 11) is 0. The zero-order valence-corrected chi connectivity index (χ0v) is 7.57. The quantitative estimate of drug-likeness (QED) is 0.516. The van der Waals surface area contributed by atoms with Crippen molar-refractivity contribution in [1.82, 2.24) is 0 Å². The predicted octanol–water partition coefficient (Wildman–Crippen LogP) is 3.14. The molecule has 0 saturated carbocycles. The molecule has 0 aromatic heterocycles. The van der Waals surface area contributed by atoms with Gasteiger partial charge in [-0.25, -0.2) is 0 Å². The SMILES string of the molecule is [CH2]CCCC(=O)CCCCC. The van der Waals surface area contributed by atoms with Crippen LogP contribution in [-0.2, 0) is 4.79 Å². The number of carbonyl (C=O) groups is 1. The molecular weight excluding hydrogens is 136 g/mol. The van der Waals surface area contributed by atoms with E-state index in [1.807, 2.05) is 0 Å². The van der Waals surface area contributed by atoms with Crippen molar-refractivity contribution in [3.05, 3.63) is 6.92 Å². The first-order chi connectivity index (χ1) is 5.31. The lowest BCUT2D eigenvalue weighted by atomic mass is 10.1. The fourth-order valence-electron chi connectivity index (χ4n) is 1.02. The Hall–Kier alpha value is -0.330. The summed E-state index contributed by atoms with van der Waals surface area (Å²) in [5, 5.41) is 0. The molecule has 1 radical (unpaired) electrons. The summed E-state index contributed by atoms with van der Waals surface area (Å²) in [6, 6.07) is 0. The first-order valence-electron chi connectivity index (χ1n) is 4.62. The van der Waals surface area contributed by atoms with Crippen molar-refractivity contribution in [2.24, 2.45) is 0 Å². The Balaban J connectivity index is 3.09. The van der Waals surface area contributed by atoms with Gasteiger partial charge in [0.05, 0.1) is 0 Å². The average molecular weight is 155 g/mol. The minimum Gasteiger partial charge on any atom is -0.300 e. The van der Waals surface area contributed by atoms with Gasteiger partial charge in [-0.05, 0) is 12.8 Å². The molecule has 0 amide bonds. The second-order valence-electron chi connectivity index (χ2n) is 2.95. The van der Waals surface area contributed by atoms with Gasteiger partial charge < -0.3 is 0 Å². The molecule has 0 aliphatic rings. The van der Waals surface area contributed by atoms with E-state index >= 15 is 0 Å². The maximum Gasteiger partial charge on any atom is 0.132 e. The first kappa shape index (κ1) is 10.7. The highest BCUT2D eigenvalue weighted by molar-refractivity contribution is 5.78. The van der Waals surface area contributed by atoms with Crippen LogP contribution < -0.4 is 0 Å². The van der Waals surface area contributed by atoms with Gasteiger partial charge in [-0.1, -0.05) is 33.1 Å². The van der Waals surface area contributed by atoms with Crippen molar-refractivity contribution in [2.75, 3.05) is 0 Å². The van der Waals surface area contributed by atoms with E-state index in [0.717, 1.165) is 32.1 Å². The van der Waals surface area contributed by atoms with Crippen molar-refractivity contribution in [3.63, 3.8) is 0 Å². The minimum atomic E-state index is 0.419. The Morgan fingerprint density at radius 1 is 1.18 bits per heavy atom. The highest BCUT2D eigenvalue weighted by Crippen LogP contribution is 2.04. The molecule has 0 aromatic carbocycles. The molecule has 11 heavy (non-hydrogen) atoms. The van der Waals surface area contributed by atoms with Crippen LogP contribution in [-0.4, -0.2) is 5.78 Å². The Morgan fingerprint density at radius 3 is 2.36 bits per heavy atom. The van der Waals surface area contributed by atoms with E-state index in [0.29, 0.717) is 5.78 Å². The van der Waals surface area contributed by atoms with Gasteiger partial charge in [-0.2, -0.15) is 0 Å². The summed E-state index contributed by atoms with van der Waals surface area (Å²) < 4.78 is 0. The van der Waals surface area contributed by atoms with Crippen LogP contribution in [0.5, 0.6) is 0 Å². The van der Waals surface area contributed by atoms with E-state index in [-0.39, 0.29) is 0 Å².